The molecule has 0 radical (unpaired) electrons. The molecule has 0 atom stereocenters. The number of amides is 1. The molecule has 0 spiro atoms. The largest absolute Gasteiger partial charge is 0.452 e. The molecule has 1 aliphatic rings. The van der Waals surface area contributed by atoms with Crippen molar-refractivity contribution in [3.05, 3.63) is 56.4 Å². The molecule has 1 amide bonds. The molecule has 3 rings (SSSR count). The van der Waals surface area contributed by atoms with E-state index in [-0.39, 0.29) is 0 Å². The van der Waals surface area contributed by atoms with E-state index >= 15 is 0 Å². The molecule has 1 aromatic heterocycles. The maximum Gasteiger partial charge on any atom is 0.331 e. The Morgan fingerprint density at radius 2 is 2.22 bits per heavy atom. The third kappa shape index (κ3) is 4.57. The molecule has 0 fully saturated rings. The van der Waals surface area contributed by atoms with Gasteiger partial charge in [0.1, 0.15) is 11.1 Å². The summed E-state index contributed by atoms with van der Waals surface area (Å²) in [5.74, 6) is -1.09. The Balaban J connectivity index is 1.53. The second-order valence-electron chi connectivity index (χ2n) is 6.17. The summed E-state index contributed by atoms with van der Waals surface area (Å²) in [5, 5.41) is 13.1. The molecule has 0 bridgehead atoms. The second-order valence-corrected chi connectivity index (χ2v) is 7.68. The summed E-state index contributed by atoms with van der Waals surface area (Å²) in [7, 11) is 0. The van der Waals surface area contributed by atoms with Crippen LogP contribution in [0.3, 0.4) is 0 Å². The number of thiophene rings is 1. The van der Waals surface area contributed by atoms with Gasteiger partial charge in [-0.25, -0.2) is 4.79 Å². The maximum atomic E-state index is 12.0. The smallest absolute Gasteiger partial charge is 0.331 e. The Morgan fingerprint density at radius 1 is 1.41 bits per heavy atom. The van der Waals surface area contributed by atoms with Crippen LogP contribution in [0.15, 0.2) is 24.3 Å². The number of anilines is 1. The van der Waals surface area contributed by atoms with Gasteiger partial charge in [0.25, 0.3) is 5.91 Å². The summed E-state index contributed by atoms with van der Waals surface area (Å²) >= 11 is 7.46. The van der Waals surface area contributed by atoms with Gasteiger partial charge in [-0.15, -0.1) is 11.3 Å². The summed E-state index contributed by atoms with van der Waals surface area (Å²) in [6.07, 6.45) is 5.67. The zero-order valence-corrected chi connectivity index (χ0v) is 16.2. The average Bonchev–Trinajstić information content (AvgIpc) is 3.21. The molecular weight excluding hydrogens is 384 g/mol. The highest BCUT2D eigenvalue weighted by molar-refractivity contribution is 7.16. The Hall–Kier alpha value is -2.62. The molecule has 1 aromatic carbocycles. The maximum absolute atomic E-state index is 12.0. The van der Waals surface area contributed by atoms with Crippen LogP contribution >= 0.6 is 22.9 Å². The van der Waals surface area contributed by atoms with Crippen molar-refractivity contribution in [1.82, 2.24) is 0 Å². The summed E-state index contributed by atoms with van der Waals surface area (Å²) in [5.41, 5.74) is 3.28. The molecule has 1 heterocycles. The normalized spacial score (nSPS) is 12.6. The van der Waals surface area contributed by atoms with Crippen molar-refractivity contribution in [2.75, 3.05) is 11.9 Å². The predicted octanol–water partition coefficient (Wildman–Crippen LogP) is 4.27. The minimum Gasteiger partial charge on any atom is -0.452 e. The van der Waals surface area contributed by atoms with Gasteiger partial charge in [-0.05, 0) is 55.0 Å². The van der Waals surface area contributed by atoms with Crippen LogP contribution in [0.1, 0.15) is 33.6 Å². The number of carbonyl (C=O) groups is 2. The fraction of sp³-hybridized carbons (Fsp3) is 0.250. The minimum atomic E-state index is -0.629. The number of esters is 1. The van der Waals surface area contributed by atoms with Crippen molar-refractivity contribution in [3.8, 4) is 6.07 Å². The molecule has 138 valence electrons. The number of nitriles is 1. The Kier molecular flexibility index (Phi) is 5.94. The van der Waals surface area contributed by atoms with Crippen molar-refractivity contribution in [2.45, 2.75) is 26.2 Å². The van der Waals surface area contributed by atoms with Crippen LogP contribution in [-0.2, 0) is 27.2 Å². The van der Waals surface area contributed by atoms with Crippen molar-refractivity contribution < 1.29 is 14.3 Å². The van der Waals surface area contributed by atoms with E-state index < -0.39 is 18.5 Å². The molecular formula is C20H17ClN2O3S. The minimum absolute atomic E-state index is 0.411. The number of carbonyl (C=O) groups excluding carboxylic acids is 2. The Bertz CT molecular complexity index is 972. The number of rotatable bonds is 5. The Morgan fingerprint density at radius 3 is 2.96 bits per heavy atom. The van der Waals surface area contributed by atoms with Crippen LogP contribution in [0.4, 0.5) is 5.00 Å². The van der Waals surface area contributed by atoms with Crippen molar-refractivity contribution in [2.24, 2.45) is 0 Å². The number of nitrogens with one attached hydrogen (secondary N) is 1. The number of benzene rings is 1. The van der Waals surface area contributed by atoms with Crippen LogP contribution in [0.5, 0.6) is 0 Å². The summed E-state index contributed by atoms with van der Waals surface area (Å²) < 4.78 is 4.95. The van der Waals surface area contributed by atoms with Crippen molar-refractivity contribution >= 4 is 45.9 Å². The number of hydrogen-bond acceptors (Lipinski definition) is 5. The number of ether oxygens (including phenoxy) is 1. The van der Waals surface area contributed by atoms with Crippen LogP contribution in [0, 0.1) is 18.3 Å². The van der Waals surface area contributed by atoms with Gasteiger partial charge in [0.15, 0.2) is 6.61 Å². The van der Waals surface area contributed by atoms with E-state index in [1.807, 2.05) is 19.1 Å². The average molecular weight is 401 g/mol. The van der Waals surface area contributed by atoms with E-state index in [9.17, 15) is 14.9 Å². The fourth-order valence-electron chi connectivity index (χ4n) is 2.84. The molecule has 2 aromatic rings. The quantitative estimate of drug-likeness (QED) is 0.600. The highest BCUT2D eigenvalue weighted by Crippen LogP contribution is 2.38. The first-order valence-electron chi connectivity index (χ1n) is 8.43. The highest BCUT2D eigenvalue weighted by atomic mass is 35.5. The second kappa shape index (κ2) is 8.38. The van der Waals surface area contributed by atoms with E-state index in [4.69, 9.17) is 16.3 Å². The molecule has 1 N–H and O–H groups in total. The van der Waals surface area contributed by atoms with E-state index in [1.165, 1.54) is 17.4 Å². The standard InChI is InChI=1S/C20H17ClN2O3S/c1-12-5-6-13(9-16(12)21)7-8-19(25)26-11-18(24)23-20-15(10-22)14-3-2-4-17(14)27-20/h5-9H,2-4,11H2,1H3,(H,23,24)/b8-7+. The van der Waals surface area contributed by atoms with Crippen LogP contribution in [0.25, 0.3) is 6.08 Å². The first kappa shape index (κ1) is 19.2. The summed E-state index contributed by atoms with van der Waals surface area (Å²) in [4.78, 5) is 25.0. The predicted molar refractivity (Wildman–Crippen MR) is 106 cm³/mol. The molecule has 0 unspecified atom stereocenters. The van der Waals surface area contributed by atoms with Gasteiger partial charge in [0, 0.05) is 16.0 Å². The highest BCUT2D eigenvalue weighted by Gasteiger charge is 2.23. The van der Waals surface area contributed by atoms with Crippen LogP contribution in [-0.4, -0.2) is 18.5 Å². The zero-order valence-electron chi connectivity index (χ0n) is 14.7. The first-order valence-corrected chi connectivity index (χ1v) is 9.63. The Labute approximate surface area is 166 Å². The molecule has 1 aliphatic carbocycles. The van der Waals surface area contributed by atoms with E-state index in [1.54, 1.807) is 12.1 Å². The van der Waals surface area contributed by atoms with E-state index in [2.05, 4.69) is 11.4 Å². The molecule has 5 nitrogen and oxygen atoms in total. The van der Waals surface area contributed by atoms with Gasteiger partial charge in [-0.3, -0.25) is 4.79 Å². The third-order valence-corrected chi connectivity index (χ3v) is 5.85. The lowest BCUT2D eigenvalue weighted by molar-refractivity contribution is -0.142. The lowest BCUT2D eigenvalue weighted by Crippen LogP contribution is -2.20. The van der Waals surface area contributed by atoms with Gasteiger partial charge in [0.2, 0.25) is 0 Å². The SMILES string of the molecule is Cc1ccc(/C=C/C(=O)OCC(=O)Nc2sc3c(c2C#N)CCC3)cc1Cl. The number of aryl methyl sites for hydroxylation is 2. The van der Waals surface area contributed by atoms with Gasteiger partial charge in [-0.2, -0.15) is 5.26 Å². The summed E-state index contributed by atoms with van der Waals surface area (Å²) in [6.45, 7) is 1.48. The third-order valence-electron chi connectivity index (χ3n) is 4.24. The van der Waals surface area contributed by atoms with Gasteiger partial charge < -0.3 is 10.1 Å². The van der Waals surface area contributed by atoms with Crippen molar-refractivity contribution in [1.29, 1.82) is 5.26 Å². The van der Waals surface area contributed by atoms with Gasteiger partial charge >= 0.3 is 5.97 Å². The fourth-order valence-corrected chi connectivity index (χ4v) is 4.28. The first-order chi connectivity index (χ1) is 13.0. The molecule has 7 heteroatoms. The molecule has 0 aliphatic heterocycles. The number of halogens is 1. The lowest BCUT2D eigenvalue weighted by Gasteiger charge is -2.04. The van der Waals surface area contributed by atoms with E-state index in [0.29, 0.717) is 15.6 Å². The zero-order chi connectivity index (χ0) is 19.4. The van der Waals surface area contributed by atoms with E-state index in [0.717, 1.165) is 40.8 Å². The number of fused-ring (bicyclic) bond motifs is 1. The van der Waals surface area contributed by atoms with Gasteiger partial charge in [-0.1, -0.05) is 23.7 Å². The topological polar surface area (TPSA) is 79.2 Å². The lowest BCUT2D eigenvalue weighted by atomic mass is 10.1. The van der Waals surface area contributed by atoms with Crippen LogP contribution < -0.4 is 5.32 Å². The summed E-state index contributed by atoms with van der Waals surface area (Å²) in [6, 6.07) is 7.59. The number of nitrogens with zero attached hydrogens (tertiary/aromatic N) is 1. The van der Waals surface area contributed by atoms with Crippen LogP contribution in [0.2, 0.25) is 5.02 Å². The number of hydrogen-bond donors (Lipinski definition) is 1. The molecule has 27 heavy (non-hydrogen) atoms. The molecule has 0 saturated carbocycles. The van der Waals surface area contributed by atoms with Gasteiger partial charge in [0.05, 0.1) is 5.56 Å². The monoisotopic (exact) mass is 400 g/mol. The molecule has 0 saturated heterocycles. The van der Waals surface area contributed by atoms with Crippen molar-refractivity contribution in [3.63, 3.8) is 0 Å².